The van der Waals surface area contributed by atoms with Gasteiger partial charge in [-0.3, -0.25) is 9.59 Å². The van der Waals surface area contributed by atoms with Crippen molar-refractivity contribution in [2.45, 2.75) is 59.8 Å². The molecule has 5 rings (SSSR count). The number of hydrogen-bond donors (Lipinski definition) is 0. The van der Waals surface area contributed by atoms with Gasteiger partial charge in [0.1, 0.15) is 11.1 Å². The van der Waals surface area contributed by atoms with Crippen LogP contribution in [-0.4, -0.2) is 11.8 Å². The van der Waals surface area contributed by atoms with Crippen LogP contribution in [0, 0.1) is 41.9 Å². The van der Waals surface area contributed by atoms with Crippen molar-refractivity contribution >= 4 is 28.2 Å². The summed E-state index contributed by atoms with van der Waals surface area (Å²) in [6.07, 6.45) is 3.05. The smallest absolute Gasteiger partial charge is 0.239 e. The molecule has 33 heavy (non-hydrogen) atoms. The Bertz CT molecular complexity index is 1190. The molecule has 1 saturated heterocycles. The molecule has 2 bridgehead atoms. The van der Waals surface area contributed by atoms with Gasteiger partial charge in [-0.1, -0.05) is 49.3 Å². The van der Waals surface area contributed by atoms with Crippen molar-refractivity contribution in [2.24, 2.45) is 23.7 Å². The molecule has 2 aliphatic carbocycles. The summed E-state index contributed by atoms with van der Waals surface area (Å²) >= 11 is 1.40. The van der Waals surface area contributed by atoms with E-state index in [1.807, 2.05) is 6.92 Å². The van der Waals surface area contributed by atoms with E-state index in [0.717, 1.165) is 35.3 Å². The third-order valence-corrected chi connectivity index (χ3v) is 9.28. The van der Waals surface area contributed by atoms with Gasteiger partial charge in [0.15, 0.2) is 0 Å². The molecular formula is C28H30N2O2S. The first-order valence-electron chi connectivity index (χ1n) is 12.0. The molecule has 2 heterocycles. The van der Waals surface area contributed by atoms with Crippen LogP contribution in [0.15, 0.2) is 35.4 Å². The molecule has 0 N–H and O–H groups in total. The highest BCUT2D eigenvalue weighted by Crippen LogP contribution is 2.61. The molecule has 3 aliphatic rings. The number of thiophene rings is 1. The Morgan fingerprint density at radius 3 is 2.18 bits per heavy atom. The molecule has 4 nitrogen and oxygen atoms in total. The van der Waals surface area contributed by atoms with Crippen LogP contribution < -0.4 is 4.90 Å². The average Bonchev–Trinajstić information content (AvgIpc) is 3.52. The van der Waals surface area contributed by atoms with Gasteiger partial charge in [0, 0.05) is 10.4 Å². The summed E-state index contributed by atoms with van der Waals surface area (Å²) in [4.78, 5) is 29.6. The van der Waals surface area contributed by atoms with Crippen molar-refractivity contribution in [3.8, 4) is 17.2 Å². The minimum Gasteiger partial charge on any atom is -0.274 e. The Morgan fingerprint density at radius 2 is 1.70 bits per heavy atom. The van der Waals surface area contributed by atoms with Crippen LogP contribution in [0.5, 0.6) is 0 Å². The van der Waals surface area contributed by atoms with Gasteiger partial charge in [0.2, 0.25) is 11.8 Å². The van der Waals surface area contributed by atoms with Gasteiger partial charge in [-0.15, -0.1) is 11.3 Å². The third kappa shape index (κ3) is 3.07. The zero-order chi connectivity index (χ0) is 23.6. The number of fused-ring (bicyclic) bond motifs is 5. The van der Waals surface area contributed by atoms with Gasteiger partial charge >= 0.3 is 0 Å². The number of hydrogen-bond acceptors (Lipinski definition) is 4. The predicted molar refractivity (Wildman–Crippen MR) is 132 cm³/mol. The zero-order valence-electron chi connectivity index (χ0n) is 19.9. The monoisotopic (exact) mass is 458 g/mol. The molecule has 1 aromatic carbocycles. The largest absolute Gasteiger partial charge is 0.274 e. The Balaban J connectivity index is 1.55. The number of carbonyl (C=O) groups excluding carboxylic acids is 2. The maximum absolute atomic E-state index is 13.6. The number of nitriles is 1. The van der Waals surface area contributed by atoms with Crippen LogP contribution in [0.3, 0.4) is 0 Å². The number of amides is 2. The van der Waals surface area contributed by atoms with Crippen molar-refractivity contribution < 1.29 is 9.59 Å². The molecule has 2 saturated carbocycles. The third-order valence-electron chi connectivity index (χ3n) is 8.19. The molecule has 1 aromatic heterocycles. The molecule has 0 unspecified atom stereocenters. The van der Waals surface area contributed by atoms with Gasteiger partial charge in [0.25, 0.3) is 0 Å². The standard InChI is InChI=1S/C28H30N2O2S/c1-6-15(4)17-7-9-18(10-8-17)23-16(5)33-28(21(23)13-29)30-26(31)24-19-11-12-20(22(19)14(2)3)25(24)27(30)32/h7-10,15,19-20,24-25H,6,11-12H2,1-5H3/t15-,19-,20-,24+,25+/m1/s1. The highest BCUT2D eigenvalue weighted by atomic mass is 32.1. The first kappa shape index (κ1) is 22.1. The van der Waals surface area contributed by atoms with Gasteiger partial charge < -0.3 is 0 Å². The molecule has 0 spiro atoms. The average molecular weight is 459 g/mol. The van der Waals surface area contributed by atoms with Gasteiger partial charge in [-0.25, -0.2) is 4.90 Å². The fourth-order valence-electron chi connectivity index (χ4n) is 6.54. The summed E-state index contributed by atoms with van der Waals surface area (Å²) in [6.45, 7) is 10.6. The normalized spacial score (nSPS) is 26.7. The number of anilines is 1. The summed E-state index contributed by atoms with van der Waals surface area (Å²) in [6, 6.07) is 10.7. The lowest BCUT2D eigenvalue weighted by molar-refractivity contribution is -0.122. The number of imide groups is 1. The Morgan fingerprint density at radius 1 is 1.12 bits per heavy atom. The summed E-state index contributed by atoms with van der Waals surface area (Å²) in [5.41, 5.74) is 6.14. The number of benzene rings is 1. The van der Waals surface area contributed by atoms with E-state index in [1.165, 1.54) is 32.9 Å². The fourth-order valence-corrected chi connectivity index (χ4v) is 7.68. The fraction of sp³-hybridized carbons (Fsp3) is 0.464. The van der Waals surface area contributed by atoms with E-state index in [9.17, 15) is 14.9 Å². The van der Waals surface area contributed by atoms with E-state index < -0.39 is 0 Å². The van der Waals surface area contributed by atoms with E-state index in [-0.39, 0.29) is 35.5 Å². The minimum absolute atomic E-state index is 0.104. The number of allylic oxidation sites excluding steroid dienone is 2. The number of aryl methyl sites for hydroxylation is 1. The Hall–Kier alpha value is -2.71. The molecular weight excluding hydrogens is 428 g/mol. The molecule has 170 valence electrons. The van der Waals surface area contributed by atoms with Gasteiger partial charge in [0.05, 0.1) is 17.4 Å². The maximum Gasteiger partial charge on any atom is 0.239 e. The van der Waals surface area contributed by atoms with Crippen molar-refractivity contribution in [3.05, 3.63) is 51.4 Å². The second kappa shape index (κ2) is 7.95. The lowest BCUT2D eigenvalue weighted by Gasteiger charge is -2.18. The van der Waals surface area contributed by atoms with Crippen LogP contribution in [0.25, 0.3) is 11.1 Å². The second-order valence-corrected chi connectivity index (χ2v) is 11.3. The van der Waals surface area contributed by atoms with E-state index in [2.05, 4.69) is 58.0 Å². The van der Waals surface area contributed by atoms with Crippen LogP contribution in [-0.2, 0) is 9.59 Å². The maximum atomic E-state index is 13.6. The molecule has 5 heteroatoms. The molecule has 0 radical (unpaired) electrons. The molecule has 3 fully saturated rings. The van der Waals surface area contributed by atoms with E-state index in [4.69, 9.17) is 0 Å². The zero-order valence-corrected chi connectivity index (χ0v) is 20.8. The summed E-state index contributed by atoms with van der Waals surface area (Å²) < 4.78 is 0. The first-order chi connectivity index (χ1) is 15.8. The lowest BCUT2D eigenvalue weighted by atomic mass is 9.81. The van der Waals surface area contributed by atoms with Crippen molar-refractivity contribution in [1.82, 2.24) is 0 Å². The van der Waals surface area contributed by atoms with Crippen molar-refractivity contribution in [3.63, 3.8) is 0 Å². The highest BCUT2D eigenvalue weighted by Gasteiger charge is 2.64. The quantitative estimate of drug-likeness (QED) is 0.383. The second-order valence-electron chi connectivity index (χ2n) is 10.1. The van der Waals surface area contributed by atoms with Crippen molar-refractivity contribution in [1.29, 1.82) is 5.26 Å². The predicted octanol–water partition coefficient (Wildman–Crippen LogP) is 6.59. The number of nitrogens with zero attached hydrogens (tertiary/aromatic N) is 2. The summed E-state index contributed by atoms with van der Waals surface area (Å²) in [7, 11) is 0. The molecule has 1 aliphatic heterocycles. The SMILES string of the molecule is CC[C@@H](C)c1ccc(-c2c(C)sc(N3C(=O)[C@@H]4[C@@H](C3=O)[C@@H]3CC[C@@H]4C3=C(C)C)c2C#N)cc1. The lowest BCUT2D eigenvalue weighted by Crippen LogP contribution is -2.33. The van der Waals surface area contributed by atoms with E-state index in [0.29, 0.717) is 16.5 Å². The minimum atomic E-state index is -0.256. The molecule has 2 amide bonds. The van der Waals surface area contributed by atoms with Crippen LogP contribution in [0.4, 0.5) is 5.00 Å². The topological polar surface area (TPSA) is 61.2 Å². The number of rotatable bonds is 4. The highest BCUT2D eigenvalue weighted by molar-refractivity contribution is 7.17. The Kier molecular flexibility index (Phi) is 5.33. The van der Waals surface area contributed by atoms with Crippen molar-refractivity contribution in [2.75, 3.05) is 4.90 Å². The molecule has 2 aromatic rings. The van der Waals surface area contributed by atoms with Crippen LogP contribution in [0.2, 0.25) is 0 Å². The summed E-state index contributed by atoms with van der Waals surface area (Å²) in [5, 5.41) is 10.6. The van der Waals surface area contributed by atoms with Crippen LogP contribution >= 0.6 is 11.3 Å². The van der Waals surface area contributed by atoms with Gasteiger partial charge in [-0.05, 0) is 68.9 Å². The van der Waals surface area contributed by atoms with E-state index in [1.54, 1.807) is 0 Å². The van der Waals surface area contributed by atoms with E-state index >= 15 is 0 Å². The number of carbonyl (C=O) groups is 2. The Labute approximate surface area is 199 Å². The first-order valence-corrected chi connectivity index (χ1v) is 12.8. The van der Waals surface area contributed by atoms with Gasteiger partial charge in [-0.2, -0.15) is 5.26 Å². The summed E-state index contributed by atoms with van der Waals surface area (Å²) in [5.74, 6) is 0.131. The van der Waals surface area contributed by atoms with Crippen LogP contribution in [0.1, 0.15) is 68.9 Å². The molecule has 5 atom stereocenters.